The van der Waals surface area contributed by atoms with Crippen LogP contribution in [0.4, 0.5) is 0 Å². The molecule has 1 rings (SSSR count). The van der Waals surface area contributed by atoms with Crippen LogP contribution in [0.15, 0.2) is 33.4 Å². The molecule has 0 amide bonds. The van der Waals surface area contributed by atoms with Crippen LogP contribution in [0, 0.1) is 0 Å². The van der Waals surface area contributed by atoms with E-state index in [1.807, 2.05) is 13.8 Å². The minimum atomic E-state index is -0.839. The highest BCUT2D eigenvalue weighted by Gasteiger charge is 2.16. The Bertz CT molecular complexity index is 328. The lowest BCUT2D eigenvalue weighted by Crippen LogP contribution is -2.15. The predicted octanol–water partition coefficient (Wildman–Crippen LogP) is 2.99. The number of aliphatic hydroxyl groups excluding tert-OH is 1. The van der Waals surface area contributed by atoms with E-state index < -0.39 is 12.4 Å². The van der Waals surface area contributed by atoms with Crippen molar-refractivity contribution in [3.8, 4) is 0 Å². The Labute approximate surface area is 109 Å². The highest BCUT2D eigenvalue weighted by molar-refractivity contribution is 9.11. The second-order valence-corrected chi connectivity index (χ2v) is 4.16. The summed E-state index contributed by atoms with van der Waals surface area (Å²) in [5.41, 5.74) is 0. The van der Waals surface area contributed by atoms with Gasteiger partial charge in [-0.2, -0.15) is 0 Å². The van der Waals surface area contributed by atoms with Gasteiger partial charge >= 0.3 is 0 Å². The summed E-state index contributed by atoms with van der Waals surface area (Å²) in [7, 11) is 0. The van der Waals surface area contributed by atoms with E-state index in [4.69, 9.17) is 13.9 Å². The summed E-state index contributed by atoms with van der Waals surface area (Å²) >= 11 is 3.30. The molecule has 0 saturated carbocycles. The normalized spacial score (nSPS) is 14.3. The van der Waals surface area contributed by atoms with Crippen molar-refractivity contribution in [1.82, 2.24) is 0 Å². The SMILES string of the molecule is CCOC(C=C(Br)C(O)c1ccco1)OCC. The maximum absolute atomic E-state index is 9.94. The second kappa shape index (κ2) is 7.66. The molecule has 0 aliphatic rings. The molecule has 5 heteroatoms. The number of rotatable bonds is 7. The maximum atomic E-state index is 9.94. The Hall–Kier alpha value is -0.620. The molecule has 1 aromatic heterocycles. The van der Waals surface area contributed by atoms with E-state index in [9.17, 15) is 5.11 Å². The van der Waals surface area contributed by atoms with Crippen LogP contribution in [0.25, 0.3) is 0 Å². The molecule has 0 radical (unpaired) electrons. The predicted molar refractivity (Wildman–Crippen MR) is 67.7 cm³/mol. The maximum Gasteiger partial charge on any atom is 0.177 e. The van der Waals surface area contributed by atoms with Crippen LogP contribution in [0.3, 0.4) is 0 Å². The molecule has 0 aromatic carbocycles. The molecule has 1 aromatic rings. The van der Waals surface area contributed by atoms with Gasteiger partial charge in [-0.05, 0) is 32.1 Å². The number of hydrogen-bond acceptors (Lipinski definition) is 4. The van der Waals surface area contributed by atoms with Crippen LogP contribution in [-0.4, -0.2) is 24.6 Å². The molecule has 0 bridgehead atoms. The highest BCUT2D eigenvalue weighted by atomic mass is 79.9. The first-order valence-electron chi connectivity index (χ1n) is 5.50. The summed E-state index contributed by atoms with van der Waals surface area (Å²) in [6.45, 7) is 4.85. The van der Waals surface area contributed by atoms with Crippen molar-refractivity contribution in [2.45, 2.75) is 26.2 Å². The molecule has 0 aliphatic heterocycles. The van der Waals surface area contributed by atoms with Gasteiger partial charge in [0.15, 0.2) is 6.29 Å². The van der Waals surface area contributed by atoms with E-state index in [2.05, 4.69) is 15.9 Å². The first-order chi connectivity index (χ1) is 8.19. The topological polar surface area (TPSA) is 51.8 Å². The molecular weight excluding hydrogens is 288 g/mol. The van der Waals surface area contributed by atoms with E-state index >= 15 is 0 Å². The Balaban J connectivity index is 2.68. The fourth-order valence-electron chi connectivity index (χ4n) is 1.28. The van der Waals surface area contributed by atoms with Crippen LogP contribution in [0.1, 0.15) is 25.7 Å². The average molecular weight is 305 g/mol. The van der Waals surface area contributed by atoms with Crippen molar-refractivity contribution < 1.29 is 19.0 Å². The number of aliphatic hydroxyl groups is 1. The smallest absolute Gasteiger partial charge is 0.177 e. The molecule has 1 atom stereocenters. The molecular formula is C12H17BrO4. The highest BCUT2D eigenvalue weighted by Crippen LogP contribution is 2.27. The third kappa shape index (κ3) is 4.63. The molecule has 0 aliphatic carbocycles. The van der Waals surface area contributed by atoms with Crippen LogP contribution in [0.5, 0.6) is 0 Å². The van der Waals surface area contributed by atoms with Gasteiger partial charge in [0.05, 0.1) is 6.26 Å². The molecule has 0 fully saturated rings. The Morgan fingerprint density at radius 1 is 1.47 bits per heavy atom. The Morgan fingerprint density at radius 3 is 2.59 bits per heavy atom. The van der Waals surface area contributed by atoms with Gasteiger partial charge in [0.2, 0.25) is 0 Å². The standard InChI is InChI=1S/C12H17BrO4/c1-3-15-11(16-4-2)8-9(13)12(14)10-6-5-7-17-10/h5-8,11-12,14H,3-4H2,1-2H3. The summed E-state index contributed by atoms with van der Waals surface area (Å²) in [5, 5.41) is 9.94. The molecule has 4 nitrogen and oxygen atoms in total. The molecule has 0 spiro atoms. The van der Waals surface area contributed by atoms with Crippen molar-refractivity contribution in [3.63, 3.8) is 0 Å². The van der Waals surface area contributed by atoms with Gasteiger partial charge in [-0.25, -0.2) is 0 Å². The molecule has 96 valence electrons. The van der Waals surface area contributed by atoms with Crippen molar-refractivity contribution in [2.75, 3.05) is 13.2 Å². The Kier molecular flexibility index (Phi) is 6.50. The van der Waals surface area contributed by atoms with Gasteiger partial charge in [-0.3, -0.25) is 0 Å². The van der Waals surface area contributed by atoms with Crippen LogP contribution in [0.2, 0.25) is 0 Å². The molecule has 1 unspecified atom stereocenters. The van der Waals surface area contributed by atoms with Gasteiger partial charge in [-0.15, -0.1) is 0 Å². The van der Waals surface area contributed by atoms with Crippen molar-refractivity contribution in [2.24, 2.45) is 0 Å². The lowest BCUT2D eigenvalue weighted by atomic mass is 10.2. The number of halogens is 1. The third-order valence-corrected chi connectivity index (χ3v) is 2.73. The van der Waals surface area contributed by atoms with Gasteiger partial charge < -0.3 is 19.0 Å². The third-order valence-electron chi connectivity index (χ3n) is 2.03. The average Bonchev–Trinajstić information content (AvgIpc) is 2.82. The molecule has 1 heterocycles. The number of ether oxygens (including phenoxy) is 2. The first kappa shape index (κ1) is 14.4. The molecule has 1 N–H and O–H groups in total. The van der Waals surface area contributed by atoms with E-state index in [-0.39, 0.29) is 0 Å². The van der Waals surface area contributed by atoms with Gasteiger partial charge in [0.1, 0.15) is 11.9 Å². The number of furan rings is 1. The second-order valence-electron chi connectivity index (χ2n) is 3.25. The van der Waals surface area contributed by atoms with Crippen molar-refractivity contribution >= 4 is 15.9 Å². The largest absolute Gasteiger partial charge is 0.466 e. The Morgan fingerprint density at radius 2 is 2.12 bits per heavy atom. The zero-order chi connectivity index (χ0) is 12.7. The van der Waals surface area contributed by atoms with Crippen molar-refractivity contribution in [1.29, 1.82) is 0 Å². The van der Waals surface area contributed by atoms with E-state index in [0.717, 1.165) is 0 Å². The summed E-state index contributed by atoms with van der Waals surface area (Å²) < 4.78 is 16.4. The van der Waals surface area contributed by atoms with E-state index in [0.29, 0.717) is 23.5 Å². The fraction of sp³-hybridized carbons (Fsp3) is 0.500. The van der Waals surface area contributed by atoms with Crippen LogP contribution in [-0.2, 0) is 9.47 Å². The summed E-state index contributed by atoms with van der Waals surface area (Å²) in [6.07, 6.45) is 1.89. The van der Waals surface area contributed by atoms with Gasteiger partial charge in [0, 0.05) is 17.7 Å². The fourth-order valence-corrected chi connectivity index (χ4v) is 1.72. The minimum absolute atomic E-state index is 0.469. The molecule has 17 heavy (non-hydrogen) atoms. The van der Waals surface area contributed by atoms with Crippen LogP contribution >= 0.6 is 15.9 Å². The number of hydrogen-bond donors (Lipinski definition) is 1. The monoisotopic (exact) mass is 304 g/mol. The first-order valence-corrected chi connectivity index (χ1v) is 6.30. The summed E-state index contributed by atoms with van der Waals surface area (Å²) in [4.78, 5) is 0. The van der Waals surface area contributed by atoms with Gasteiger partial charge in [0.25, 0.3) is 0 Å². The summed E-state index contributed by atoms with van der Waals surface area (Å²) in [6, 6.07) is 3.43. The van der Waals surface area contributed by atoms with Gasteiger partial charge in [-0.1, -0.05) is 15.9 Å². The van der Waals surface area contributed by atoms with E-state index in [1.54, 1.807) is 18.2 Å². The zero-order valence-corrected chi connectivity index (χ0v) is 11.5. The lowest BCUT2D eigenvalue weighted by Gasteiger charge is -2.15. The lowest BCUT2D eigenvalue weighted by molar-refractivity contribution is -0.104. The van der Waals surface area contributed by atoms with E-state index in [1.165, 1.54) is 6.26 Å². The van der Waals surface area contributed by atoms with Crippen LogP contribution < -0.4 is 0 Å². The quantitative estimate of drug-likeness (QED) is 0.787. The zero-order valence-electron chi connectivity index (χ0n) is 9.93. The van der Waals surface area contributed by atoms with Crippen molar-refractivity contribution in [3.05, 3.63) is 34.7 Å². The minimum Gasteiger partial charge on any atom is -0.466 e. The molecule has 0 saturated heterocycles. The summed E-state index contributed by atoms with van der Waals surface area (Å²) in [5.74, 6) is 0.472.